The Labute approximate surface area is 112 Å². The third kappa shape index (κ3) is 3.64. The van der Waals surface area contributed by atoms with Crippen molar-refractivity contribution in [1.29, 1.82) is 0 Å². The maximum Gasteiger partial charge on any atom is 0.126 e. The maximum atomic E-state index is 13.6. The standard InChI is InChI=1S/C15H19FN2O/c1-3-18-11-12(10-17-18)8-15(2,19)9-13-6-4-5-7-14(13)16/h4-7,10-11,19H,3,8-9H2,1-2H3. The highest BCUT2D eigenvalue weighted by molar-refractivity contribution is 5.20. The first-order valence-corrected chi connectivity index (χ1v) is 6.47. The van der Waals surface area contributed by atoms with Gasteiger partial charge in [0.2, 0.25) is 0 Å². The number of aliphatic hydroxyl groups is 1. The quantitative estimate of drug-likeness (QED) is 0.899. The summed E-state index contributed by atoms with van der Waals surface area (Å²) in [6, 6.07) is 6.56. The first-order chi connectivity index (χ1) is 9.00. The Morgan fingerprint density at radius 3 is 2.68 bits per heavy atom. The number of benzene rings is 1. The van der Waals surface area contributed by atoms with Gasteiger partial charge in [-0.15, -0.1) is 0 Å². The van der Waals surface area contributed by atoms with Crippen molar-refractivity contribution in [3.05, 3.63) is 53.6 Å². The van der Waals surface area contributed by atoms with Crippen LogP contribution in [0.1, 0.15) is 25.0 Å². The zero-order chi connectivity index (χ0) is 13.9. The molecule has 102 valence electrons. The minimum atomic E-state index is -0.982. The van der Waals surface area contributed by atoms with Gasteiger partial charge in [-0.25, -0.2) is 4.39 Å². The summed E-state index contributed by atoms with van der Waals surface area (Å²) in [5.74, 6) is -0.271. The number of hydrogen-bond donors (Lipinski definition) is 1. The summed E-state index contributed by atoms with van der Waals surface area (Å²) in [6.07, 6.45) is 4.41. The zero-order valence-corrected chi connectivity index (χ0v) is 11.3. The molecule has 0 saturated carbocycles. The Morgan fingerprint density at radius 1 is 1.32 bits per heavy atom. The van der Waals surface area contributed by atoms with E-state index in [0.29, 0.717) is 12.0 Å². The van der Waals surface area contributed by atoms with Crippen LogP contribution >= 0.6 is 0 Å². The average molecular weight is 262 g/mol. The first-order valence-electron chi connectivity index (χ1n) is 6.47. The summed E-state index contributed by atoms with van der Waals surface area (Å²) in [6.45, 7) is 4.53. The third-order valence-corrected chi connectivity index (χ3v) is 3.12. The van der Waals surface area contributed by atoms with Gasteiger partial charge in [0.25, 0.3) is 0 Å². The van der Waals surface area contributed by atoms with E-state index in [4.69, 9.17) is 0 Å². The lowest BCUT2D eigenvalue weighted by Gasteiger charge is -2.23. The lowest BCUT2D eigenvalue weighted by atomic mass is 9.91. The Morgan fingerprint density at radius 2 is 2.05 bits per heavy atom. The Bertz CT molecular complexity index is 549. The van der Waals surface area contributed by atoms with Gasteiger partial charge in [0.1, 0.15) is 5.82 Å². The minimum Gasteiger partial charge on any atom is -0.389 e. The van der Waals surface area contributed by atoms with Crippen LogP contribution in [0.4, 0.5) is 4.39 Å². The van der Waals surface area contributed by atoms with Gasteiger partial charge in [-0.2, -0.15) is 5.10 Å². The highest BCUT2D eigenvalue weighted by atomic mass is 19.1. The Kier molecular flexibility index (Phi) is 4.00. The van der Waals surface area contributed by atoms with Crippen LogP contribution in [0, 0.1) is 5.82 Å². The average Bonchev–Trinajstić information content (AvgIpc) is 2.78. The molecule has 2 rings (SSSR count). The van der Waals surface area contributed by atoms with Crippen LogP contribution in [-0.2, 0) is 19.4 Å². The highest BCUT2D eigenvalue weighted by Crippen LogP contribution is 2.20. The smallest absolute Gasteiger partial charge is 0.126 e. The summed E-state index contributed by atoms with van der Waals surface area (Å²) in [7, 11) is 0. The number of hydrogen-bond acceptors (Lipinski definition) is 2. The van der Waals surface area contributed by atoms with E-state index in [1.54, 1.807) is 31.3 Å². The molecule has 0 saturated heterocycles. The monoisotopic (exact) mass is 262 g/mol. The maximum absolute atomic E-state index is 13.6. The topological polar surface area (TPSA) is 38.0 Å². The van der Waals surface area contributed by atoms with Crippen LogP contribution in [0.25, 0.3) is 0 Å². The number of aryl methyl sites for hydroxylation is 1. The van der Waals surface area contributed by atoms with Crippen molar-refractivity contribution in [2.45, 2.75) is 38.8 Å². The molecule has 1 atom stereocenters. The normalized spacial score (nSPS) is 14.3. The van der Waals surface area contributed by atoms with Crippen molar-refractivity contribution in [1.82, 2.24) is 9.78 Å². The van der Waals surface area contributed by atoms with Gasteiger partial charge in [0.05, 0.1) is 11.8 Å². The van der Waals surface area contributed by atoms with Crippen molar-refractivity contribution in [2.75, 3.05) is 0 Å². The highest BCUT2D eigenvalue weighted by Gasteiger charge is 2.23. The second kappa shape index (κ2) is 5.53. The number of rotatable bonds is 5. The van der Waals surface area contributed by atoms with Crippen LogP contribution in [0.15, 0.2) is 36.7 Å². The van der Waals surface area contributed by atoms with E-state index in [2.05, 4.69) is 5.10 Å². The van der Waals surface area contributed by atoms with Crippen molar-refractivity contribution in [3.63, 3.8) is 0 Å². The molecule has 0 radical (unpaired) electrons. The fraction of sp³-hybridized carbons (Fsp3) is 0.400. The number of aromatic nitrogens is 2. The molecule has 1 unspecified atom stereocenters. The molecule has 0 fully saturated rings. The molecule has 1 heterocycles. The van der Waals surface area contributed by atoms with Gasteiger partial charge in [0.15, 0.2) is 0 Å². The number of halogens is 1. The molecule has 1 aromatic heterocycles. The van der Waals surface area contributed by atoms with E-state index in [0.717, 1.165) is 12.1 Å². The second-order valence-corrected chi connectivity index (χ2v) is 5.15. The van der Waals surface area contributed by atoms with E-state index < -0.39 is 5.60 Å². The van der Waals surface area contributed by atoms with Crippen molar-refractivity contribution in [3.8, 4) is 0 Å². The molecule has 0 aliphatic heterocycles. The van der Waals surface area contributed by atoms with Gasteiger partial charge in [0, 0.05) is 25.6 Å². The van der Waals surface area contributed by atoms with E-state index in [9.17, 15) is 9.50 Å². The van der Waals surface area contributed by atoms with Crippen LogP contribution in [0.2, 0.25) is 0 Å². The Hall–Kier alpha value is -1.68. The summed E-state index contributed by atoms with van der Waals surface area (Å²) in [5, 5.41) is 14.6. The van der Waals surface area contributed by atoms with E-state index in [1.807, 2.05) is 17.8 Å². The molecule has 0 spiro atoms. The summed E-state index contributed by atoms with van der Waals surface area (Å²) in [5.41, 5.74) is 0.516. The molecule has 3 nitrogen and oxygen atoms in total. The predicted molar refractivity (Wildman–Crippen MR) is 72.3 cm³/mol. The van der Waals surface area contributed by atoms with E-state index in [-0.39, 0.29) is 12.2 Å². The molecule has 2 aromatic rings. The second-order valence-electron chi connectivity index (χ2n) is 5.15. The number of nitrogens with zero attached hydrogens (tertiary/aromatic N) is 2. The van der Waals surface area contributed by atoms with Gasteiger partial charge >= 0.3 is 0 Å². The van der Waals surface area contributed by atoms with E-state index in [1.165, 1.54) is 6.07 Å². The molecule has 1 aromatic carbocycles. The van der Waals surface area contributed by atoms with Crippen LogP contribution in [-0.4, -0.2) is 20.5 Å². The molecular weight excluding hydrogens is 243 g/mol. The molecule has 0 bridgehead atoms. The molecular formula is C15H19FN2O. The summed E-state index contributed by atoms with van der Waals surface area (Å²) >= 11 is 0. The third-order valence-electron chi connectivity index (χ3n) is 3.12. The van der Waals surface area contributed by atoms with Gasteiger partial charge in [-0.1, -0.05) is 18.2 Å². The molecule has 4 heteroatoms. The van der Waals surface area contributed by atoms with Crippen LogP contribution in [0.3, 0.4) is 0 Å². The molecule has 0 aliphatic carbocycles. The van der Waals surface area contributed by atoms with Crippen molar-refractivity contribution < 1.29 is 9.50 Å². The Balaban J connectivity index is 2.08. The van der Waals surface area contributed by atoms with Crippen molar-refractivity contribution >= 4 is 0 Å². The van der Waals surface area contributed by atoms with Gasteiger partial charge in [-0.3, -0.25) is 4.68 Å². The predicted octanol–water partition coefficient (Wildman–Crippen LogP) is 2.58. The lowest BCUT2D eigenvalue weighted by molar-refractivity contribution is 0.0599. The minimum absolute atomic E-state index is 0.271. The lowest BCUT2D eigenvalue weighted by Crippen LogP contribution is -2.30. The SMILES string of the molecule is CCn1cc(CC(C)(O)Cc2ccccc2F)cn1. The molecule has 0 amide bonds. The van der Waals surface area contributed by atoms with Crippen LogP contribution in [0.5, 0.6) is 0 Å². The van der Waals surface area contributed by atoms with Gasteiger partial charge in [-0.05, 0) is 31.0 Å². The van der Waals surface area contributed by atoms with E-state index >= 15 is 0 Å². The fourth-order valence-electron chi connectivity index (χ4n) is 2.22. The molecule has 0 aliphatic rings. The molecule has 1 N–H and O–H groups in total. The molecule has 19 heavy (non-hydrogen) atoms. The summed E-state index contributed by atoms with van der Waals surface area (Å²) < 4.78 is 15.4. The van der Waals surface area contributed by atoms with Crippen LogP contribution < -0.4 is 0 Å². The summed E-state index contributed by atoms with van der Waals surface area (Å²) in [4.78, 5) is 0. The zero-order valence-electron chi connectivity index (χ0n) is 11.3. The first kappa shape index (κ1) is 13.7. The fourth-order valence-corrected chi connectivity index (χ4v) is 2.22. The largest absolute Gasteiger partial charge is 0.389 e. The van der Waals surface area contributed by atoms with Gasteiger partial charge < -0.3 is 5.11 Å². The van der Waals surface area contributed by atoms with Crippen molar-refractivity contribution in [2.24, 2.45) is 0 Å².